The molecule has 0 unspecified atom stereocenters. The number of rotatable bonds is 11. The standard InChI is InChI=1S/C25H22Cl2FNO3S/c1-17(31-15-3-2-6-18-11-13-19(28)14-12-18)25(30)32-23-10-4-7-20(29-23)16-33-24-21(26)8-5-9-22(24)27/h4-5,7-14H,1-3,6,15-16H2. The topological polar surface area (TPSA) is 48.4 Å². The Morgan fingerprint density at radius 2 is 1.70 bits per heavy atom. The number of nitrogens with zero attached hydrogens (tertiary/aromatic N) is 1. The molecule has 0 aliphatic heterocycles. The Hall–Kier alpha value is -2.54. The van der Waals surface area contributed by atoms with Crippen LogP contribution in [0, 0.1) is 5.82 Å². The molecule has 1 aromatic heterocycles. The van der Waals surface area contributed by atoms with E-state index in [-0.39, 0.29) is 17.5 Å². The molecule has 0 aliphatic carbocycles. The molecule has 0 N–H and O–H groups in total. The van der Waals surface area contributed by atoms with E-state index in [1.54, 1.807) is 42.5 Å². The van der Waals surface area contributed by atoms with Crippen molar-refractivity contribution in [3.8, 4) is 5.88 Å². The van der Waals surface area contributed by atoms with Gasteiger partial charge in [0.05, 0.1) is 22.3 Å². The van der Waals surface area contributed by atoms with Crippen molar-refractivity contribution in [3.63, 3.8) is 0 Å². The first kappa shape index (κ1) is 25.1. The van der Waals surface area contributed by atoms with Crippen LogP contribution < -0.4 is 4.74 Å². The lowest BCUT2D eigenvalue weighted by atomic mass is 10.1. The van der Waals surface area contributed by atoms with Gasteiger partial charge in [-0.05, 0) is 61.7 Å². The fraction of sp³-hybridized carbons (Fsp3) is 0.200. The van der Waals surface area contributed by atoms with Crippen LogP contribution in [-0.2, 0) is 21.7 Å². The Morgan fingerprint density at radius 3 is 2.42 bits per heavy atom. The van der Waals surface area contributed by atoms with E-state index in [0.717, 1.165) is 29.7 Å². The second-order valence-corrected chi connectivity index (χ2v) is 8.85. The Morgan fingerprint density at radius 1 is 1.00 bits per heavy atom. The Labute approximate surface area is 206 Å². The number of thioether (sulfide) groups is 1. The van der Waals surface area contributed by atoms with Gasteiger partial charge < -0.3 is 9.47 Å². The van der Waals surface area contributed by atoms with E-state index in [1.807, 2.05) is 6.07 Å². The van der Waals surface area contributed by atoms with Crippen LogP contribution in [0.2, 0.25) is 10.0 Å². The van der Waals surface area contributed by atoms with Gasteiger partial charge >= 0.3 is 5.97 Å². The zero-order chi connectivity index (χ0) is 23.6. The lowest BCUT2D eigenvalue weighted by molar-refractivity contribution is -0.134. The van der Waals surface area contributed by atoms with Crippen molar-refractivity contribution in [1.29, 1.82) is 0 Å². The molecule has 0 radical (unpaired) electrons. The molecule has 3 rings (SSSR count). The van der Waals surface area contributed by atoms with Crippen LogP contribution in [0.1, 0.15) is 24.1 Å². The maximum Gasteiger partial charge on any atom is 0.379 e. The molecule has 0 amide bonds. The Bertz CT molecular complexity index is 1090. The molecule has 0 saturated heterocycles. The molecule has 4 nitrogen and oxygen atoms in total. The number of hydrogen-bond donors (Lipinski definition) is 0. The van der Waals surface area contributed by atoms with Gasteiger partial charge in [-0.3, -0.25) is 0 Å². The zero-order valence-corrected chi connectivity index (χ0v) is 20.1. The number of aryl methyl sites for hydroxylation is 1. The smallest absolute Gasteiger partial charge is 0.379 e. The van der Waals surface area contributed by atoms with Crippen LogP contribution in [0.5, 0.6) is 5.88 Å². The molecule has 2 aromatic carbocycles. The van der Waals surface area contributed by atoms with Crippen molar-refractivity contribution < 1.29 is 18.7 Å². The van der Waals surface area contributed by atoms with Crippen LogP contribution in [-0.4, -0.2) is 17.6 Å². The molecule has 1 heterocycles. The second kappa shape index (κ2) is 12.6. The van der Waals surface area contributed by atoms with E-state index in [2.05, 4.69) is 11.6 Å². The number of ether oxygens (including phenoxy) is 2. The minimum absolute atomic E-state index is 0.0822. The highest BCUT2D eigenvalue weighted by molar-refractivity contribution is 7.98. The van der Waals surface area contributed by atoms with Crippen LogP contribution in [0.25, 0.3) is 0 Å². The molecule has 0 aliphatic rings. The summed E-state index contributed by atoms with van der Waals surface area (Å²) in [4.78, 5) is 17.4. The van der Waals surface area contributed by atoms with Crippen molar-refractivity contribution in [3.05, 3.63) is 100 Å². The monoisotopic (exact) mass is 505 g/mol. The SMILES string of the molecule is C=C(OCCCCc1ccc(F)cc1)C(=O)Oc1cccc(CSc2c(Cl)cccc2Cl)n1. The van der Waals surface area contributed by atoms with Gasteiger partial charge in [0, 0.05) is 16.7 Å². The molecule has 0 fully saturated rings. The van der Waals surface area contributed by atoms with Crippen LogP contribution in [0.4, 0.5) is 4.39 Å². The van der Waals surface area contributed by atoms with Crippen molar-refractivity contribution in [2.75, 3.05) is 6.61 Å². The number of unbranched alkanes of at least 4 members (excludes halogenated alkanes) is 1. The van der Waals surface area contributed by atoms with Crippen molar-refractivity contribution in [1.82, 2.24) is 4.98 Å². The molecule has 33 heavy (non-hydrogen) atoms. The van der Waals surface area contributed by atoms with Gasteiger partial charge in [0.2, 0.25) is 5.88 Å². The summed E-state index contributed by atoms with van der Waals surface area (Å²) in [5.74, 6) is -0.369. The van der Waals surface area contributed by atoms with Gasteiger partial charge in [-0.15, -0.1) is 11.8 Å². The minimum atomic E-state index is -0.694. The Kier molecular flexibility index (Phi) is 9.61. The third-order valence-corrected chi connectivity index (χ3v) is 6.56. The maximum atomic E-state index is 12.9. The fourth-order valence-electron chi connectivity index (χ4n) is 2.85. The third-order valence-electron chi connectivity index (χ3n) is 4.54. The zero-order valence-electron chi connectivity index (χ0n) is 17.7. The van der Waals surface area contributed by atoms with E-state index in [0.29, 0.717) is 28.1 Å². The fourth-order valence-corrected chi connectivity index (χ4v) is 4.44. The number of esters is 1. The molecule has 172 valence electrons. The van der Waals surface area contributed by atoms with E-state index in [1.165, 1.54) is 23.9 Å². The summed E-state index contributed by atoms with van der Waals surface area (Å²) in [5, 5.41) is 1.14. The highest BCUT2D eigenvalue weighted by atomic mass is 35.5. The number of hydrogen-bond acceptors (Lipinski definition) is 5. The van der Waals surface area contributed by atoms with Crippen LogP contribution in [0.3, 0.4) is 0 Å². The summed E-state index contributed by atoms with van der Waals surface area (Å²) in [7, 11) is 0. The largest absolute Gasteiger partial charge is 0.487 e. The highest BCUT2D eigenvalue weighted by Gasteiger charge is 2.13. The number of carbonyl (C=O) groups excluding carboxylic acids is 1. The first-order valence-electron chi connectivity index (χ1n) is 10.2. The van der Waals surface area contributed by atoms with Crippen molar-refractivity contribution >= 4 is 40.9 Å². The van der Waals surface area contributed by atoms with Crippen molar-refractivity contribution in [2.45, 2.75) is 29.9 Å². The molecular formula is C25H22Cl2FNO3S. The molecule has 0 saturated carbocycles. The molecule has 3 aromatic rings. The normalized spacial score (nSPS) is 10.6. The number of halogens is 3. The number of carbonyl (C=O) groups is 1. The molecule has 8 heteroatoms. The highest BCUT2D eigenvalue weighted by Crippen LogP contribution is 2.35. The molecular weight excluding hydrogens is 484 g/mol. The first-order valence-corrected chi connectivity index (χ1v) is 12.0. The summed E-state index contributed by atoms with van der Waals surface area (Å²) >= 11 is 13.8. The number of aromatic nitrogens is 1. The molecule has 0 bridgehead atoms. The van der Waals surface area contributed by atoms with E-state index in [4.69, 9.17) is 32.7 Å². The van der Waals surface area contributed by atoms with E-state index < -0.39 is 5.97 Å². The summed E-state index contributed by atoms with van der Waals surface area (Å²) in [6, 6.07) is 16.9. The van der Waals surface area contributed by atoms with Gasteiger partial charge in [-0.25, -0.2) is 14.2 Å². The van der Waals surface area contributed by atoms with Gasteiger partial charge in [0.1, 0.15) is 5.82 Å². The van der Waals surface area contributed by atoms with Gasteiger partial charge in [-0.2, -0.15) is 0 Å². The molecule has 0 atom stereocenters. The predicted octanol–water partition coefficient (Wildman–Crippen LogP) is 7.28. The number of benzene rings is 2. The number of pyridine rings is 1. The van der Waals surface area contributed by atoms with Gasteiger partial charge in [-0.1, -0.05) is 47.5 Å². The average molecular weight is 506 g/mol. The summed E-state index contributed by atoms with van der Waals surface area (Å²) in [5.41, 5.74) is 1.75. The predicted molar refractivity (Wildman–Crippen MR) is 130 cm³/mol. The lowest BCUT2D eigenvalue weighted by Gasteiger charge is -2.10. The summed E-state index contributed by atoms with van der Waals surface area (Å²) < 4.78 is 23.6. The quantitative estimate of drug-likeness (QED) is 0.0900. The van der Waals surface area contributed by atoms with Gasteiger partial charge in [0.15, 0.2) is 5.76 Å². The van der Waals surface area contributed by atoms with Crippen LogP contribution in [0.15, 0.2) is 77.9 Å². The molecule has 0 spiro atoms. The third kappa shape index (κ3) is 8.07. The second-order valence-electron chi connectivity index (χ2n) is 7.05. The average Bonchev–Trinajstić information content (AvgIpc) is 2.80. The Balaban J connectivity index is 1.41. The van der Waals surface area contributed by atoms with E-state index >= 15 is 0 Å². The summed E-state index contributed by atoms with van der Waals surface area (Å²) in [6.07, 6.45) is 2.36. The maximum absolute atomic E-state index is 12.9. The van der Waals surface area contributed by atoms with Gasteiger partial charge in [0.25, 0.3) is 0 Å². The summed E-state index contributed by atoms with van der Waals surface area (Å²) in [6.45, 7) is 3.97. The lowest BCUT2D eigenvalue weighted by Crippen LogP contribution is -2.14. The first-order chi connectivity index (χ1) is 15.9. The van der Waals surface area contributed by atoms with E-state index in [9.17, 15) is 9.18 Å². The van der Waals surface area contributed by atoms with Crippen LogP contribution >= 0.6 is 35.0 Å². The minimum Gasteiger partial charge on any atom is -0.487 e. The van der Waals surface area contributed by atoms with Crippen molar-refractivity contribution in [2.24, 2.45) is 0 Å².